The zero-order valence-corrected chi connectivity index (χ0v) is 14.2. The highest BCUT2D eigenvalue weighted by molar-refractivity contribution is 6.30. The molecule has 2 fully saturated rings. The Morgan fingerprint density at radius 1 is 1.21 bits per heavy atom. The van der Waals surface area contributed by atoms with Crippen LogP contribution in [0.3, 0.4) is 0 Å². The van der Waals surface area contributed by atoms with Crippen molar-refractivity contribution in [1.29, 1.82) is 0 Å². The van der Waals surface area contributed by atoms with Gasteiger partial charge in [-0.15, -0.1) is 0 Å². The first kappa shape index (κ1) is 15.6. The van der Waals surface area contributed by atoms with Gasteiger partial charge in [0.05, 0.1) is 0 Å². The number of amides is 1. The minimum atomic E-state index is -0.0847. The van der Waals surface area contributed by atoms with Crippen molar-refractivity contribution in [2.24, 2.45) is 5.92 Å². The molecule has 1 saturated carbocycles. The molecule has 4 rings (SSSR count). The van der Waals surface area contributed by atoms with Crippen LogP contribution in [-0.2, 0) is 4.79 Å². The Morgan fingerprint density at radius 2 is 2.04 bits per heavy atom. The summed E-state index contributed by atoms with van der Waals surface area (Å²) in [5.41, 5.74) is 0.823. The van der Waals surface area contributed by atoms with Gasteiger partial charge in [-0.2, -0.15) is 4.98 Å². The van der Waals surface area contributed by atoms with Crippen LogP contribution in [0.4, 0.5) is 0 Å². The van der Waals surface area contributed by atoms with E-state index < -0.39 is 0 Å². The number of hydrogen-bond acceptors (Lipinski definition) is 4. The van der Waals surface area contributed by atoms with E-state index in [1.165, 1.54) is 0 Å². The first-order chi connectivity index (χ1) is 11.7. The van der Waals surface area contributed by atoms with Gasteiger partial charge in [0, 0.05) is 23.0 Å². The third-order valence-corrected chi connectivity index (χ3v) is 5.29. The molecule has 1 aliphatic heterocycles. The van der Waals surface area contributed by atoms with Crippen molar-refractivity contribution < 1.29 is 9.32 Å². The van der Waals surface area contributed by atoms with E-state index in [4.69, 9.17) is 16.1 Å². The number of carbonyl (C=O) groups is 1. The topological polar surface area (TPSA) is 59.2 Å². The maximum Gasteiger partial charge on any atom is 0.249 e. The molecule has 0 unspecified atom stereocenters. The Bertz CT molecular complexity index is 739. The molecule has 126 valence electrons. The number of nitrogens with zero attached hydrogens (tertiary/aromatic N) is 3. The van der Waals surface area contributed by atoms with Crippen LogP contribution in [0.25, 0.3) is 11.4 Å². The summed E-state index contributed by atoms with van der Waals surface area (Å²) in [6.07, 6.45) is 6.22. The highest BCUT2D eigenvalue weighted by Gasteiger charge is 2.37. The summed E-state index contributed by atoms with van der Waals surface area (Å²) < 4.78 is 5.49. The predicted molar refractivity (Wildman–Crippen MR) is 90.4 cm³/mol. The molecule has 24 heavy (non-hydrogen) atoms. The molecule has 2 aromatic rings. The smallest absolute Gasteiger partial charge is 0.249 e. The van der Waals surface area contributed by atoms with Crippen LogP contribution in [0.5, 0.6) is 0 Å². The van der Waals surface area contributed by atoms with Crippen LogP contribution in [0.2, 0.25) is 5.02 Å². The zero-order valence-electron chi connectivity index (χ0n) is 13.4. The molecule has 0 radical (unpaired) electrons. The van der Waals surface area contributed by atoms with E-state index in [-0.39, 0.29) is 17.9 Å². The minimum Gasteiger partial charge on any atom is -0.337 e. The lowest BCUT2D eigenvalue weighted by molar-refractivity contribution is -0.136. The molecule has 1 aromatic carbocycles. The van der Waals surface area contributed by atoms with Crippen molar-refractivity contribution >= 4 is 17.5 Å². The van der Waals surface area contributed by atoms with Crippen LogP contribution in [-0.4, -0.2) is 27.5 Å². The van der Waals surface area contributed by atoms with Gasteiger partial charge in [-0.25, -0.2) is 0 Å². The number of rotatable bonds is 3. The van der Waals surface area contributed by atoms with E-state index in [9.17, 15) is 4.79 Å². The Labute approximate surface area is 146 Å². The lowest BCUT2D eigenvalue weighted by Crippen LogP contribution is -2.35. The third kappa shape index (κ3) is 2.93. The van der Waals surface area contributed by atoms with E-state index in [1.807, 2.05) is 29.2 Å². The maximum atomic E-state index is 12.8. The van der Waals surface area contributed by atoms with Crippen molar-refractivity contribution in [3.8, 4) is 11.4 Å². The Kier molecular flexibility index (Phi) is 4.27. The van der Waals surface area contributed by atoms with E-state index in [1.54, 1.807) is 0 Å². The summed E-state index contributed by atoms with van der Waals surface area (Å²) in [7, 11) is 0. The van der Waals surface area contributed by atoms with Gasteiger partial charge in [-0.1, -0.05) is 41.7 Å². The number of hydrogen-bond donors (Lipinski definition) is 0. The van der Waals surface area contributed by atoms with Gasteiger partial charge in [0.2, 0.25) is 17.6 Å². The third-order valence-electron chi connectivity index (χ3n) is 5.05. The number of likely N-dealkylation sites (tertiary alicyclic amines) is 1. The Hall–Kier alpha value is -1.88. The van der Waals surface area contributed by atoms with Crippen molar-refractivity contribution in [2.45, 2.75) is 44.6 Å². The number of benzene rings is 1. The number of halogens is 1. The predicted octanol–water partition coefficient (Wildman–Crippen LogP) is 4.24. The van der Waals surface area contributed by atoms with Gasteiger partial charge >= 0.3 is 0 Å². The van der Waals surface area contributed by atoms with E-state index in [2.05, 4.69) is 10.1 Å². The van der Waals surface area contributed by atoms with E-state index in [0.29, 0.717) is 16.7 Å². The van der Waals surface area contributed by atoms with Crippen molar-refractivity contribution in [1.82, 2.24) is 15.0 Å². The molecule has 1 aliphatic carbocycles. The molecule has 1 saturated heterocycles. The van der Waals surface area contributed by atoms with Crippen LogP contribution >= 0.6 is 11.6 Å². The molecule has 2 aliphatic rings. The highest BCUT2D eigenvalue weighted by atomic mass is 35.5. The van der Waals surface area contributed by atoms with Crippen molar-refractivity contribution in [3.63, 3.8) is 0 Å². The molecular formula is C18H20ClN3O2. The monoisotopic (exact) mass is 345 g/mol. The second-order valence-corrected chi connectivity index (χ2v) is 7.07. The number of aromatic nitrogens is 2. The van der Waals surface area contributed by atoms with E-state index >= 15 is 0 Å². The largest absolute Gasteiger partial charge is 0.337 e. The molecule has 1 atom stereocenters. The van der Waals surface area contributed by atoms with Crippen LogP contribution in [0, 0.1) is 5.92 Å². The number of carbonyl (C=O) groups excluding carboxylic acids is 1. The Balaban J connectivity index is 1.55. The fourth-order valence-electron chi connectivity index (χ4n) is 3.81. The van der Waals surface area contributed by atoms with Gasteiger partial charge in [-0.3, -0.25) is 4.79 Å². The van der Waals surface area contributed by atoms with Gasteiger partial charge in [0.25, 0.3) is 0 Å². The molecule has 6 heteroatoms. The zero-order chi connectivity index (χ0) is 16.5. The summed E-state index contributed by atoms with van der Waals surface area (Å²) in [5, 5.41) is 4.72. The average molecular weight is 346 g/mol. The molecule has 0 bridgehead atoms. The standard InChI is InChI=1S/C18H20ClN3O2/c19-14-8-3-7-13(11-14)16-20-17(24-21-16)15-9-4-10-22(15)18(23)12-5-1-2-6-12/h3,7-8,11-12,15H,1-2,4-6,9-10H2/t15-/m0/s1. The van der Waals surface area contributed by atoms with Gasteiger partial charge in [0.1, 0.15) is 6.04 Å². The first-order valence-corrected chi connectivity index (χ1v) is 9.00. The lowest BCUT2D eigenvalue weighted by Gasteiger charge is -2.24. The summed E-state index contributed by atoms with van der Waals surface area (Å²) in [6.45, 7) is 0.787. The maximum absolute atomic E-state index is 12.8. The summed E-state index contributed by atoms with van der Waals surface area (Å²) in [6, 6.07) is 7.30. The summed E-state index contributed by atoms with van der Waals surface area (Å²) in [4.78, 5) is 19.3. The second kappa shape index (κ2) is 6.55. The highest BCUT2D eigenvalue weighted by Crippen LogP contribution is 2.36. The SMILES string of the molecule is O=C(C1CCCC1)N1CCC[C@H]1c1nc(-c2cccc(Cl)c2)no1. The van der Waals surface area contributed by atoms with Crippen LogP contribution in [0.1, 0.15) is 50.5 Å². The van der Waals surface area contributed by atoms with Crippen molar-refractivity contribution in [3.05, 3.63) is 35.2 Å². The molecular weight excluding hydrogens is 326 g/mol. The average Bonchev–Trinajstić information content (AvgIpc) is 3.33. The lowest BCUT2D eigenvalue weighted by atomic mass is 10.1. The fourth-order valence-corrected chi connectivity index (χ4v) is 4.00. The first-order valence-electron chi connectivity index (χ1n) is 8.62. The molecule has 0 spiro atoms. The Morgan fingerprint density at radius 3 is 2.83 bits per heavy atom. The molecule has 1 aromatic heterocycles. The van der Waals surface area contributed by atoms with Crippen LogP contribution in [0.15, 0.2) is 28.8 Å². The minimum absolute atomic E-state index is 0.0847. The van der Waals surface area contributed by atoms with Gasteiger partial charge in [-0.05, 0) is 37.8 Å². The molecule has 2 heterocycles. The quantitative estimate of drug-likeness (QED) is 0.834. The summed E-state index contributed by atoms with van der Waals surface area (Å²) >= 11 is 6.03. The van der Waals surface area contributed by atoms with Gasteiger partial charge < -0.3 is 9.42 Å². The van der Waals surface area contributed by atoms with E-state index in [0.717, 1.165) is 50.6 Å². The van der Waals surface area contributed by atoms with Gasteiger partial charge in [0.15, 0.2) is 0 Å². The van der Waals surface area contributed by atoms with Crippen molar-refractivity contribution in [2.75, 3.05) is 6.54 Å². The van der Waals surface area contributed by atoms with Crippen LogP contribution < -0.4 is 0 Å². The fraction of sp³-hybridized carbons (Fsp3) is 0.500. The summed E-state index contributed by atoms with van der Waals surface area (Å²) in [5.74, 6) is 1.50. The normalized spacial score (nSPS) is 21.5. The molecule has 1 amide bonds. The molecule has 0 N–H and O–H groups in total. The second-order valence-electron chi connectivity index (χ2n) is 6.64. The molecule has 5 nitrogen and oxygen atoms in total.